The number of nitrogens with one attached hydrogen (secondary N) is 2. The highest BCUT2D eigenvalue weighted by Gasteiger charge is 2.23. The average Bonchev–Trinajstić information content (AvgIpc) is 2.05. The van der Waals surface area contributed by atoms with Crippen molar-refractivity contribution in [1.29, 1.82) is 0 Å². The van der Waals surface area contributed by atoms with E-state index in [-0.39, 0.29) is 0 Å². The van der Waals surface area contributed by atoms with Gasteiger partial charge in [-0.15, -0.1) is 0 Å². The highest BCUT2D eigenvalue weighted by Crippen LogP contribution is 2.18. The van der Waals surface area contributed by atoms with Gasteiger partial charge in [0.15, 0.2) is 0 Å². The van der Waals surface area contributed by atoms with Crippen molar-refractivity contribution in [3.8, 4) is 0 Å². The third kappa shape index (κ3) is 1.03. The molecule has 2 N–H and O–H groups in total. The van der Waals surface area contributed by atoms with Crippen LogP contribution in [-0.4, -0.2) is 19.1 Å². The molecule has 2 atom stereocenters. The molecule has 0 amide bonds. The molecule has 2 aliphatic heterocycles. The molecule has 0 aromatic heterocycles. The molecule has 0 saturated carbocycles. The zero-order valence-corrected chi connectivity index (χ0v) is 6.14. The molecular formula is C8H14N2. The number of hydrogen-bond acceptors (Lipinski definition) is 2. The number of piperidine rings is 1. The van der Waals surface area contributed by atoms with Crippen LogP contribution in [0.15, 0.2) is 12.3 Å². The molecule has 2 heterocycles. The van der Waals surface area contributed by atoms with E-state index in [9.17, 15) is 0 Å². The van der Waals surface area contributed by atoms with Crippen molar-refractivity contribution in [3.63, 3.8) is 0 Å². The fraction of sp³-hybridized carbons (Fsp3) is 0.750. The fourth-order valence-corrected chi connectivity index (χ4v) is 1.82. The van der Waals surface area contributed by atoms with Gasteiger partial charge in [0.2, 0.25) is 0 Å². The smallest absolute Gasteiger partial charge is 0.0311 e. The van der Waals surface area contributed by atoms with E-state index in [4.69, 9.17) is 0 Å². The van der Waals surface area contributed by atoms with Crippen LogP contribution in [0.2, 0.25) is 0 Å². The van der Waals surface area contributed by atoms with Crippen molar-refractivity contribution in [3.05, 3.63) is 12.3 Å². The van der Waals surface area contributed by atoms with E-state index in [1.807, 2.05) is 0 Å². The van der Waals surface area contributed by atoms with Gasteiger partial charge in [0.25, 0.3) is 0 Å². The maximum absolute atomic E-state index is 3.49. The van der Waals surface area contributed by atoms with E-state index in [1.165, 1.54) is 19.4 Å². The van der Waals surface area contributed by atoms with Crippen LogP contribution in [0.3, 0.4) is 0 Å². The van der Waals surface area contributed by atoms with Crippen LogP contribution in [0.5, 0.6) is 0 Å². The largest absolute Gasteiger partial charge is 0.391 e. The normalized spacial score (nSPS) is 38.4. The fourth-order valence-electron chi connectivity index (χ4n) is 1.82. The van der Waals surface area contributed by atoms with E-state index in [0.717, 1.165) is 12.5 Å². The van der Waals surface area contributed by atoms with Crippen molar-refractivity contribution in [2.75, 3.05) is 13.1 Å². The Labute approximate surface area is 61.7 Å². The minimum Gasteiger partial charge on any atom is -0.391 e. The Hall–Kier alpha value is -0.500. The Kier molecular flexibility index (Phi) is 1.63. The van der Waals surface area contributed by atoms with Crippen LogP contribution in [0.4, 0.5) is 0 Å². The van der Waals surface area contributed by atoms with Gasteiger partial charge in [-0.25, -0.2) is 0 Å². The van der Waals surface area contributed by atoms with Crippen LogP contribution in [0, 0.1) is 5.92 Å². The zero-order valence-electron chi connectivity index (χ0n) is 6.14. The average molecular weight is 138 g/mol. The molecule has 0 radical (unpaired) electrons. The van der Waals surface area contributed by atoms with Crippen molar-refractivity contribution < 1.29 is 0 Å². The minimum absolute atomic E-state index is 0.662. The summed E-state index contributed by atoms with van der Waals surface area (Å²) in [7, 11) is 0. The minimum atomic E-state index is 0.662. The molecule has 2 unspecified atom stereocenters. The molecule has 0 aromatic carbocycles. The van der Waals surface area contributed by atoms with Gasteiger partial charge in [-0.1, -0.05) is 6.08 Å². The second kappa shape index (κ2) is 2.62. The van der Waals surface area contributed by atoms with Gasteiger partial charge in [-0.05, 0) is 31.5 Å². The quantitative estimate of drug-likeness (QED) is 0.508. The molecule has 0 aliphatic carbocycles. The Morgan fingerprint density at radius 1 is 1.40 bits per heavy atom. The third-order valence-corrected chi connectivity index (χ3v) is 2.44. The van der Waals surface area contributed by atoms with Crippen molar-refractivity contribution >= 4 is 0 Å². The lowest BCUT2D eigenvalue weighted by Gasteiger charge is -2.33. The lowest BCUT2D eigenvalue weighted by atomic mass is 9.89. The first-order chi connectivity index (χ1) is 4.97. The first-order valence-electron chi connectivity index (χ1n) is 4.10. The summed E-state index contributed by atoms with van der Waals surface area (Å²) in [5.41, 5.74) is 0. The molecular weight excluding hydrogens is 124 g/mol. The second-order valence-electron chi connectivity index (χ2n) is 3.15. The summed E-state index contributed by atoms with van der Waals surface area (Å²) in [6, 6.07) is 0.662. The van der Waals surface area contributed by atoms with Gasteiger partial charge in [-0.2, -0.15) is 0 Å². The first kappa shape index (κ1) is 6.23. The molecule has 1 fully saturated rings. The standard InChI is InChI=1S/C8H14N2/c1-2-7-6-9-5-3-8(7)10-4-1/h3,5,7-10H,1-2,4,6H2. The molecule has 1 saturated heterocycles. The summed E-state index contributed by atoms with van der Waals surface area (Å²) < 4.78 is 0. The van der Waals surface area contributed by atoms with Crippen LogP contribution in [0.25, 0.3) is 0 Å². The zero-order chi connectivity index (χ0) is 6.81. The van der Waals surface area contributed by atoms with Gasteiger partial charge in [0.1, 0.15) is 0 Å². The van der Waals surface area contributed by atoms with Gasteiger partial charge in [0, 0.05) is 12.6 Å². The molecule has 0 spiro atoms. The highest BCUT2D eigenvalue weighted by molar-refractivity contribution is 5.02. The summed E-state index contributed by atoms with van der Waals surface area (Å²) in [6.45, 7) is 2.36. The van der Waals surface area contributed by atoms with Crippen molar-refractivity contribution in [2.24, 2.45) is 5.92 Å². The Bertz CT molecular complexity index is 142. The SMILES string of the molecule is C1=CC2NCCCC2CN1. The molecule has 2 rings (SSSR count). The summed E-state index contributed by atoms with van der Waals surface area (Å²) in [5.74, 6) is 0.846. The van der Waals surface area contributed by atoms with Crippen LogP contribution in [0.1, 0.15) is 12.8 Å². The van der Waals surface area contributed by atoms with Gasteiger partial charge in [-0.3, -0.25) is 0 Å². The topological polar surface area (TPSA) is 24.1 Å². The molecule has 2 nitrogen and oxygen atoms in total. The molecule has 2 aliphatic rings. The van der Waals surface area contributed by atoms with Crippen molar-refractivity contribution in [1.82, 2.24) is 10.6 Å². The predicted octanol–water partition coefficient (Wildman–Crippen LogP) is 0.471. The summed E-state index contributed by atoms with van der Waals surface area (Å²) >= 11 is 0. The highest BCUT2D eigenvalue weighted by atomic mass is 15.0. The van der Waals surface area contributed by atoms with E-state index in [1.54, 1.807) is 0 Å². The van der Waals surface area contributed by atoms with Crippen molar-refractivity contribution in [2.45, 2.75) is 18.9 Å². The van der Waals surface area contributed by atoms with Gasteiger partial charge in [0.05, 0.1) is 0 Å². The molecule has 0 aromatic rings. The van der Waals surface area contributed by atoms with Gasteiger partial charge >= 0.3 is 0 Å². The number of fused-ring (bicyclic) bond motifs is 1. The maximum Gasteiger partial charge on any atom is 0.0311 e. The van der Waals surface area contributed by atoms with E-state index >= 15 is 0 Å². The lowest BCUT2D eigenvalue weighted by molar-refractivity contribution is 0.305. The number of rotatable bonds is 0. The summed E-state index contributed by atoms with van der Waals surface area (Å²) in [5, 5.41) is 6.76. The maximum atomic E-state index is 3.49. The monoisotopic (exact) mass is 138 g/mol. The van der Waals surface area contributed by atoms with Crippen LogP contribution >= 0.6 is 0 Å². The molecule has 10 heavy (non-hydrogen) atoms. The van der Waals surface area contributed by atoms with E-state index in [0.29, 0.717) is 6.04 Å². The Balaban J connectivity index is 2.03. The van der Waals surface area contributed by atoms with E-state index in [2.05, 4.69) is 22.9 Å². The first-order valence-corrected chi connectivity index (χ1v) is 4.10. The Morgan fingerprint density at radius 3 is 3.30 bits per heavy atom. The molecule has 56 valence electrons. The Morgan fingerprint density at radius 2 is 2.40 bits per heavy atom. The molecule has 0 bridgehead atoms. The predicted molar refractivity (Wildman–Crippen MR) is 41.7 cm³/mol. The van der Waals surface area contributed by atoms with Crippen LogP contribution in [-0.2, 0) is 0 Å². The van der Waals surface area contributed by atoms with Crippen LogP contribution < -0.4 is 10.6 Å². The lowest BCUT2D eigenvalue weighted by Crippen LogP contribution is -2.45. The van der Waals surface area contributed by atoms with E-state index < -0.39 is 0 Å². The summed E-state index contributed by atoms with van der Waals surface area (Å²) in [6.07, 6.45) is 7.04. The second-order valence-corrected chi connectivity index (χ2v) is 3.15. The third-order valence-electron chi connectivity index (χ3n) is 2.44. The van der Waals surface area contributed by atoms with Gasteiger partial charge < -0.3 is 10.6 Å². The molecule has 2 heteroatoms. The number of hydrogen-bond donors (Lipinski definition) is 2. The summed E-state index contributed by atoms with van der Waals surface area (Å²) in [4.78, 5) is 0.